The highest BCUT2D eigenvalue weighted by Gasteiger charge is 2.31. The van der Waals surface area contributed by atoms with Crippen LogP contribution in [0.1, 0.15) is 32.4 Å². The number of hydrogen-bond acceptors (Lipinski definition) is 6. The van der Waals surface area contributed by atoms with Crippen molar-refractivity contribution in [1.29, 1.82) is 0 Å². The van der Waals surface area contributed by atoms with E-state index in [1.165, 1.54) is 25.1 Å². The molecule has 2 aromatic rings. The van der Waals surface area contributed by atoms with Gasteiger partial charge in [-0.1, -0.05) is 31.8 Å². The number of carbonyl (C=O) groups is 1. The lowest BCUT2D eigenvalue weighted by Crippen LogP contribution is -2.29. The summed E-state index contributed by atoms with van der Waals surface area (Å²) < 4.78 is 84.1. The average Bonchev–Trinajstić information content (AvgIpc) is 2.91. The van der Waals surface area contributed by atoms with Crippen molar-refractivity contribution in [2.45, 2.75) is 49.1 Å². The number of halogens is 5. The highest BCUT2D eigenvalue weighted by molar-refractivity contribution is 7.99. The zero-order valence-electron chi connectivity index (χ0n) is 23.2. The first kappa shape index (κ1) is 34.0. The second kappa shape index (κ2) is 16.3. The third-order valence-corrected chi connectivity index (χ3v) is 6.62. The molecule has 6 nitrogen and oxygen atoms in total. The predicted molar refractivity (Wildman–Crippen MR) is 148 cm³/mol. The van der Waals surface area contributed by atoms with E-state index in [0.29, 0.717) is 66.6 Å². The molecule has 0 atom stereocenters. The normalized spacial score (nSPS) is 11.9. The van der Waals surface area contributed by atoms with Gasteiger partial charge in [-0.25, -0.2) is 8.78 Å². The summed E-state index contributed by atoms with van der Waals surface area (Å²) in [6.45, 7) is 11.4. The molecule has 0 aliphatic heterocycles. The average molecular weight is 601 g/mol. The lowest BCUT2D eigenvalue weighted by atomic mass is 10.2. The third-order valence-electron chi connectivity index (χ3n) is 5.56. The molecule has 12 heteroatoms. The van der Waals surface area contributed by atoms with Gasteiger partial charge in [0.25, 0.3) is 0 Å². The fourth-order valence-corrected chi connectivity index (χ4v) is 4.41. The minimum absolute atomic E-state index is 0.113. The number of methoxy groups -OCH3 is 1. The van der Waals surface area contributed by atoms with Crippen LogP contribution < -0.4 is 4.90 Å². The molecule has 0 spiro atoms. The molecule has 0 bridgehead atoms. The van der Waals surface area contributed by atoms with Crippen LogP contribution in [0.2, 0.25) is 0 Å². The smallest absolute Gasteiger partial charge is 0.412 e. The number of nitrogens with zero attached hydrogens (tertiary/aromatic N) is 2. The molecule has 1 aromatic carbocycles. The summed E-state index contributed by atoms with van der Waals surface area (Å²) in [7, 11) is 1.58. The molecule has 1 amide bonds. The number of amides is 1. The number of alkyl halides is 3. The number of pyridine rings is 1. The molecule has 0 radical (unpaired) electrons. The molecule has 41 heavy (non-hydrogen) atoms. The Balaban J connectivity index is 2.24. The van der Waals surface area contributed by atoms with Crippen molar-refractivity contribution in [2.24, 2.45) is 0 Å². The number of rotatable bonds is 16. The van der Waals surface area contributed by atoms with Crippen LogP contribution in [0.15, 0.2) is 76.5 Å². The van der Waals surface area contributed by atoms with Gasteiger partial charge >= 0.3 is 6.18 Å². The first-order valence-corrected chi connectivity index (χ1v) is 13.4. The molecule has 0 N–H and O–H groups in total. The van der Waals surface area contributed by atoms with Crippen molar-refractivity contribution >= 4 is 23.4 Å². The highest BCUT2D eigenvalue weighted by atomic mass is 32.2. The van der Waals surface area contributed by atoms with Crippen LogP contribution in [0.5, 0.6) is 0 Å². The summed E-state index contributed by atoms with van der Waals surface area (Å²) in [6, 6.07) is 5.07. The van der Waals surface area contributed by atoms with E-state index in [1.54, 1.807) is 7.11 Å². The zero-order chi connectivity index (χ0) is 30.6. The Bertz CT molecular complexity index is 1250. The number of aromatic nitrogens is 1. The quantitative estimate of drug-likeness (QED) is 0.0866. The molecule has 2 rings (SSSR count). The van der Waals surface area contributed by atoms with E-state index < -0.39 is 29.3 Å². The maximum atomic E-state index is 14.9. The number of allylic oxidation sites excluding steroid dienone is 3. The largest absolute Gasteiger partial charge is 0.496 e. The van der Waals surface area contributed by atoms with E-state index >= 15 is 0 Å². The molecule has 0 saturated carbocycles. The van der Waals surface area contributed by atoms with E-state index in [9.17, 15) is 26.7 Å². The van der Waals surface area contributed by atoms with Crippen molar-refractivity contribution in [3.05, 3.63) is 84.1 Å². The van der Waals surface area contributed by atoms with Crippen LogP contribution in [0.3, 0.4) is 0 Å². The maximum Gasteiger partial charge on any atom is 0.412 e. The zero-order valence-corrected chi connectivity index (χ0v) is 24.0. The Morgan fingerprint density at radius 3 is 2.49 bits per heavy atom. The molecule has 224 valence electrons. The van der Waals surface area contributed by atoms with E-state index in [-0.39, 0.29) is 17.8 Å². The molecule has 0 aliphatic carbocycles. The molecule has 1 aromatic heterocycles. The van der Waals surface area contributed by atoms with Gasteiger partial charge in [-0.3, -0.25) is 14.7 Å². The van der Waals surface area contributed by atoms with Crippen LogP contribution in [0, 0.1) is 11.6 Å². The van der Waals surface area contributed by atoms with E-state index in [2.05, 4.69) is 18.1 Å². The monoisotopic (exact) mass is 600 g/mol. The minimum atomic E-state index is -4.64. The Kier molecular flexibility index (Phi) is 13.5. The molecule has 0 aliphatic rings. The lowest BCUT2D eigenvalue weighted by molar-refractivity contribution is -0.117. The third kappa shape index (κ3) is 10.9. The van der Waals surface area contributed by atoms with Crippen LogP contribution >= 0.6 is 11.8 Å². The summed E-state index contributed by atoms with van der Waals surface area (Å²) in [4.78, 5) is 18.5. The van der Waals surface area contributed by atoms with Crippen molar-refractivity contribution in [3.8, 4) is 0 Å². The Morgan fingerprint density at radius 1 is 1.12 bits per heavy atom. The highest BCUT2D eigenvalue weighted by Crippen LogP contribution is 2.36. The van der Waals surface area contributed by atoms with Crippen LogP contribution in [-0.4, -0.2) is 50.6 Å². The Hall–Kier alpha value is -3.22. The Morgan fingerprint density at radius 2 is 1.83 bits per heavy atom. The van der Waals surface area contributed by atoms with Gasteiger partial charge in [0.05, 0.1) is 43.2 Å². The predicted octanol–water partition coefficient (Wildman–Crippen LogP) is 7.40. The minimum Gasteiger partial charge on any atom is -0.496 e. The topological polar surface area (TPSA) is 60.9 Å². The van der Waals surface area contributed by atoms with Crippen LogP contribution in [-0.2, 0) is 25.4 Å². The molecular formula is C29H33F5N2O4S. The number of anilines is 1. The summed E-state index contributed by atoms with van der Waals surface area (Å²) in [5.41, 5.74) is -1.10. The van der Waals surface area contributed by atoms with Crippen molar-refractivity contribution in [2.75, 3.05) is 38.4 Å². The summed E-state index contributed by atoms with van der Waals surface area (Å²) in [6.07, 6.45) is -2.25. The Labute approximate surface area is 240 Å². The summed E-state index contributed by atoms with van der Waals surface area (Å²) in [5.74, 6) is -1.60. The first-order chi connectivity index (χ1) is 19.4. The number of hydrogen-bond donors (Lipinski definition) is 0. The van der Waals surface area contributed by atoms with E-state index in [0.717, 1.165) is 35.8 Å². The van der Waals surface area contributed by atoms with Crippen LogP contribution in [0.4, 0.5) is 27.6 Å². The second-order valence-corrected chi connectivity index (χ2v) is 9.82. The fourth-order valence-electron chi connectivity index (χ4n) is 3.40. The van der Waals surface area contributed by atoms with Crippen LogP contribution in [0.25, 0.3) is 0 Å². The van der Waals surface area contributed by atoms with E-state index in [4.69, 9.17) is 14.2 Å². The SMILES string of the molecule is C=C(CCc1ncc(F)cc1Sc1ccc(F)c(N(C(=C)/C=C(\C)C(F)(F)F)C(=O)CC)c1)OCCOCCOC. The van der Waals surface area contributed by atoms with Gasteiger partial charge in [-0.05, 0) is 43.7 Å². The maximum absolute atomic E-state index is 14.9. The van der Waals surface area contributed by atoms with Gasteiger partial charge in [-0.2, -0.15) is 13.2 Å². The van der Waals surface area contributed by atoms with Gasteiger partial charge in [0.2, 0.25) is 5.91 Å². The van der Waals surface area contributed by atoms with Crippen molar-refractivity contribution in [3.63, 3.8) is 0 Å². The van der Waals surface area contributed by atoms with Gasteiger partial charge < -0.3 is 14.2 Å². The van der Waals surface area contributed by atoms with Gasteiger partial charge in [0.1, 0.15) is 18.2 Å². The van der Waals surface area contributed by atoms with Gasteiger partial charge in [0.15, 0.2) is 0 Å². The van der Waals surface area contributed by atoms with Crippen molar-refractivity contribution < 1.29 is 41.0 Å². The van der Waals surface area contributed by atoms with E-state index in [1.807, 2.05) is 0 Å². The van der Waals surface area contributed by atoms with Gasteiger partial charge in [0, 0.05) is 41.0 Å². The number of ether oxygens (including phenoxy) is 3. The molecule has 1 heterocycles. The van der Waals surface area contributed by atoms with Gasteiger partial charge in [-0.15, -0.1) is 0 Å². The summed E-state index contributed by atoms with van der Waals surface area (Å²) >= 11 is 1.06. The summed E-state index contributed by atoms with van der Waals surface area (Å²) in [5, 5.41) is 0. The molecular weight excluding hydrogens is 567 g/mol. The lowest BCUT2D eigenvalue weighted by Gasteiger charge is -2.24. The molecule has 0 fully saturated rings. The molecule has 0 saturated heterocycles. The fraction of sp³-hybridized carbons (Fsp3) is 0.379. The first-order valence-electron chi connectivity index (χ1n) is 12.6. The van der Waals surface area contributed by atoms with Crippen molar-refractivity contribution in [1.82, 2.24) is 4.98 Å². The standard InChI is InChI=1S/C29H33F5N2O4S/c1-6-28(37)36(20(3)15-19(2)29(32,33)34)26-17-23(8-9-24(26)31)41-27-16-22(30)18-35-25(27)10-7-21(4)40-14-13-39-12-11-38-5/h8-9,15-18H,3-4,6-7,10-14H2,1-2,5H3/b19-15+. The number of carbonyl (C=O) groups excluding carboxylic acids is 1. The number of benzene rings is 1. The number of aryl methyl sites for hydroxylation is 1. The second-order valence-electron chi connectivity index (χ2n) is 8.71. The molecule has 0 unspecified atom stereocenters.